The van der Waals surface area contributed by atoms with Gasteiger partial charge in [-0.25, -0.2) is 0 Å². The largest absolute Gasteiger partial charge is 0.480 e. The standard InChI is InChI=1S/C10H17NO4/c1-7(9(13)14)11-8(12)6-10(15-2)4-3-5-10/h7H,3-6H2,1-2H3,(H,11,12)(H,13,14)/t7-/m1/s1. The Labute approximate surface area is 88.8 Å². The molecule has 1 rings (SSSR count). The van der Waals surface area contributed by atoms with Crippen LogP contribution in [-0.4, -0.2) is 35.7 Å². The minimum Gasteiger partial charge on any atom is -0.480 e. The van der Waals surface area contributed by atoms with Gasteiger partial charge in [-0.2, -0.15) is 0 Å². The fourth-order valence-corrected chi connectivity index (χ4v) is 1.67. The molecule has 0 aromatic rings. The predicted octanol–water partition coefficient (Wildman–Crippen LogP) is 0.535. The average Bonchev–Trinajstić information content (AvgIpc) is 2.11. The second-order valence-corrected chi connectivity index (χ2v) is 4.04. The van der Waals surface area contributed by atoms with Crippen molar-refractivity contribution in [3.63, 3.8) is 0 Å². The summed E-state index contributed by atoms with van der Waals surface area (Å²) in [7, 11) is 1.59. The quantitative estimate of drug-likeness (QED) is 0.701. The van der Waals surface area contributed by atoms with Gasteiger partial charge in [0.1, 0.15) is 6.04 Å². The van der Waals surface area contributed by atoms with Gasteiger partial charge in [0.25, 0.3) is 0 Å². The molecule has 0 aromatic carbocycles. The van der Waals surface area contributed by atoms with Crippen molar-refractivity contribution in [1.29, 1.82) is 0 Å². The first kappa shape index (κ1) is 12.0. The summed E-state index contributed by atoms with van der Waals surface area (Å²) in [5.74, 6) is -1.28. The van der Waals surface area contributed by atoms with Gasteiger partial charge in [0.2, 0.25) is 5.91 Å². The number of methoxy groups -OCH3 is 1. The van der Waals surface area contributed by atoms with Gasteiger partial charge in [0, 0.05) is 7.11 Å². The average molecular weight is 215 g/mol. The van der Waals surface area contributed by atoms with Crippen LogP contribution < -0.4 is 5.32 Å². The summed E-state index contributed by atoms with van der Waals surface area (Å²) in [6.45, 7) is 1.44. The van der Waals surface area contributed by atoms with Crippen LogP contribution >= 0.6 is 0 Å². The molecule has 0 saturated heterocycles. The molecule has 0 bridgehead atoms. The molecule has 15 heavy (non-hydrogen) atoms. The maximum Gasteiger partial charge on any atom is 0.325 e. The maximum absolute atomic E-state index is 11.5. The summed E-state index contributed by atoms with van der Waals surface area (Å²) in [5.41, 5.74) is -0.345. The molecule has 0 spiro atoms. The van der Waals surface area contributed by atoms with Crippen molar-refractivity contribution >= 4 is 11.9 Å². The van der Waals surface area contributed by atoms with Crippen LogP contribution in [0.25, 0.3) is 0 Å². The number of carbonyl (C=O) groups excluding carboxylic acids is 1. The van der Waals surface area contributed by atoms with Crippen LogP contribution in [0.15, 0.2) is 0 Å². The van der Waals surface area contributed by atoms with E-state index < -0.39 is 12.0 Å². The second-order valence-electron chi connectivity index (χ2n) is 4.04. The molecule has 1 amide bonds. The van der Waals surface area contributed by atoms with E-state index in [1.165, 1.54) is 6.92 Å². The van der Waals surface area contributed by atoms with Crippen LogP contribution in [0.5, 0.6) is 0 Å². The van der Waals surface area contributed by atoms with Gasteiger partial charge in [-0.1, -0.05) is 0 Å². The highest BCUT2D eigenvalue weighted by Crippen LogP contribution is 2.37. The molecule has 1 fully saturated rings. The number of carboxylic acid groups (broad SMARTS) is 1. The zero-order valence-corrected chi connectivity index (χ0v) is 9.08. The number of ether oxygens (including phenoxy) is 1. The van der Waals surface area contributed by atoms with Gasteiger partial charge in [0.05, 0.1) is 12.0 Å². The fourth-order valence-electron chi connectivity index (χ4n) is 1.67. The first-order valence-electron chi connectivity index (χ1n) is 5.06. The highest BCUT2D eigenvalue weighted by atomic mass is 16.5. The molecule has 86 valence electrons. The SMILES string of the molecule is COC1(CC(=O)N[C@H](C)C(=O)O)CCC1. The topological polar surface area (TPSA) is 75.6 Å². The molecule has 1 aliphatic rings. The molecule has 0 heterocycles. The molecule has 2 N–H and O–H groups in total. The number of amides is 1. The van der Waals surface area contributed by atoms with Crippen LogP contribution in [0.3, 0.4) is 0 Å². The molecular weight excluding hydrogens is 198 g/mol. The maximum atomic E-state index is 11.5. The number of carbonyl (C=O) groups is 2. The van der Waals surface area contributed by atoms with Gasteiger partial charge in [-0.3, -0.25) is 9.59 Å². The molecule has 5 nitrogen and oxygen atoms in total. The van der Waals surface area contributed by atoms with Crippen molar-refractivity contribution in [2.75, 3.05) is 7.11 Å². The molecule has 1 atom stereocenters. The van der Waals surface area contributed by atoms with E-state index in [1.807, 2.05) is 0 Å². The Balaban J connectivity index is 2.38. The zero-order valence-electron chi connectivity index (χ0n) is 9.08. The molecule has 5 heteroatoms. The van der Waals surface area contributed by atoms with E-state index in [4.69, 9.17) is 9.84 Å². The number of hydrogen-bond donors (Lipinski definition) is 2. The molecule has 0 aliphatic heterocycles. The lowest BCUT2D eigenvalue weighted by Gasteiger charge is -2.40. The smallest absolute Gasteiger partial charge is 0.325 e. The highest BCUT2D eigenvalue weighted by molar-refractivity contribution is 5.83. The van der Waals surface area contributed by atoms with Crippen molar-refractivity contribution in [2.45, 2.75) is 44.2 Å². The van der Waals surface area contributed by atoms with Crippen molar-refractivity contribution in [3.8, 4) is 0 Å². The van der Waals surface area contributed by atoms with Crippen LogP contribution in [0.4, 0.5) is 0 Å². The number of rotatable bonds is 5. The lowest BCUT2D eigenvalue weighted by Crippen LogP contribution is -2.46. The summed E-state index contributed by atoms with van der Waals surface area (Å²) >= 11 is 0. The van der Waals surface area contributed by atoms with Crippen molar-refractivity contribution in [2.24, 2.45) is 0 Å². The number of aliphatic carboxylic acids is 1. The van der Waals surface area contributed by atoms with Crippen LogP contribution in [0.1, 0.15) is 32.6 Å². The summed E-state index contributed by atoms with van der Waals surface area (Å²) in [6, 6.07) is -0.841. The van der Waals surface area contributed by atoms with Gasteiger partial charge >= 0.3 is 5.97 Å². The lowest BCUT2D eigenvalue weighted by atomic mass is 9.77. The highest BCUT2D eigenvalue weighted by Gasteiger charge is 2.39. The van der Waals surface area contributed by atoms with Crippen LogP contribution in [0.2, 0.25) is 0 Å². The number of carboxylic acids is 1. The van der Waals surface area contributed by atoms with E-state index >= 15 is 0 Å². The van der Waals surface area contributed by atoms with Crippen molar-refractivity contribution in [1.82, 2.24) is 5.32 Å². The van der Waals surface area contributed by atoms with Gasteiger partial charge < -0.3 is 15.2 Å². The summed E-state index contributed by atoms with van der Waals surface area (Å²) in [5, 5.41) is 11.0. The monoisotopic (exact) mass is 215 g/mol. The minimum atomic E-state index is -1.02. The Hall–Kier alpha value is -1.10. The normalized spacial score (nSPS) is 20.1. The summed E-state index contributed by atoms with van der Waals surface area (Å²) in [4.78, 5) is 22.0. The Morgan fingerprint density at radius 3 is 2.47 bits per heavy atom. The molecule has 0 unspecified atom stereocenters. The Morgan fingerprint density at radius 1 is 1.53 bits per heavy atom. The third kappa shape index (κ3) is 2.92. The van der Waals surface area contributed by atoms with E-state index in [-0.39, 0.29) is 17.9 Å². The van der Waals surface area contributed by atoms with Crippen LogP contribution in [0, 0.1) is 0 Å². The molecular formula is C10H17NO4. The number of hydrogen-bond acceptors (Lipinski definition) is 3. The van der Waals surface area contributed by atoms with Crippen molar-refractivity contribution < 1.29 is 19.4 Å². The third-order valence-electron chi connectivity index (χ3n) is 2.93. The fraction of sp³-hybridized carbons (Fsp3) is 0.800. The van der Waals surface area contributed by atoms with Gasteiger partial charge in [-0.05, 0) is 26.2 Å². The molecule has 1 aliphatic carbocycles. The van der Waals surface area contributed by atoms with Gasteiger partial charge in [-0.15, -0.1) is 0 Å². The van der Waals surface area contributed by atoms with E-state index in [0.717, 1.165) is 19.3 Å². The number of nitrogens with one attached hydrogen (secondary N) is 1. The lowest BCUT2D eigenvalue weighted by molar-refractivity contribution is -0.144. The summed E-state index contributed by atoms with van der Waals surface area (Å²) < 4.78 is 5.28. The zero-order chi connectivity index (χ0) is 11.5. The van der Waals surface area contributed by atoms with E-state index in [0.29, 0.717) is 0 Å². The summed E-state index contributed by atoms with van der Waals surface area (Å²) in [6.07, 6.45) is 3.06. The first-order chi connectivity index (χ1) is 6.99. The Bertz CT molecular complexity index is 255. The molecule has 1 saturated carbocycles. The Kier molecular flexibility index (Phi) is 3.68. The van der Waals surface area contributed by atoms with E-state index in [1.54, 1.807) is 7.11 Å². The van der Waals surface area contributed by atoms with Crippen LogP contribution in [-0.2, 0) is 14.3 Å². The minimum absolute atomic E-state index is 0.251. The van der Waals surface area contributed by atoms with Crippen molar-refractivity contribution in [3.05, 3.63) is 0 Å². The Morgan fingerprint density at radius 2 is 2.13 bits per heavy atom. The third-order valence-corrected chi connectivity index (χ3v) is 2.93. The van der Waals surface area contributed by atoms with Gasteiger partial charge in [0.15, 0.2) is 0 Å². The molecule has 0 aromatic heterocycles. The first-order valence-corrected chi connectivity index (χ1v) is 5.06. The second kappa shape index (κ2) is 4.61. The van der Waals surface area contributed by atoms with E-state index in [2.05, 4.69) is 5.32 Å². The molecule has 0 radical (unpaired) electrons. The predicted molar refractivity (Wildman–Crippen MR) is 53.4 cm³/mol. The van der Waals surface area contributed by atoms with E-state index in [9.17, 15) is 9.59 Å².